The molecule has 0 unspecified atom stereocenters. The lowest BCUT2D eigenvalue weighted by Crippen LogP contribution is -2.45. The molecule has 0 fully saturated rings. The Bertz CT molecular complexity index is 1340. The molecule has 0 aromatic heterocycles. The van der Waals surface area contributed by atoms with Crippen LogP contribution in [-0.4, -0.2) is 62.7 Å². The summed E-state index contributed by atoms with van der Waals surface area (Å²) in [5.74, 6) is -0.380. The first-order valence-corrected chi connectivity index (χ1v) is 13.1. The molecule has 2 aromatic carbocycles. The number of esters is 2. The van der Waals surface area contributed by atoms with Crippen LogP contribution in [0.2, 0.25) is 0 Å². The van der Waals surface area contributed by atoms with Crippen LogP contribution in [0.5, 0.6) is 17.2 Å². The summed E-state index contributed by atoms with van der Waals surface area (Å²) in [5.41, 5.74) is 4.54. The molecular formula is C28H32N4O8S. The van der Waals surface area contributed by atoms with Crippen LogP contribution < -0.4 is 30.3 Å². The summed E-state index contributed by atoms with van der Waals surface area (Å²) in [7, 11) is 1.46. The average Bonchev–Trinajstić information content (AvgIpc) is 2.95. The van der Waals surface area contributed by atoms with Crippen LogP contribution in [0.4, 0.5) is 0 Å². The third kappa shape index (κ3) is 8.67. The fourth-order valence-corrected chi connectivity index (χ4v) is 4.11. The van der Waals surface area contributed by atoms with Crippen molar-refractivity contribution in [1.29, 1.82) is 0 Å². The number of nitrogens with zero attached hydrogens (tertiary/aromatic N) is 1. The minimum absolute atomic E-state index is 0.214. The van der Waals surface area contributed by atoms with Gasteiger partial charge >= 0.3 is 11.9 Å². The number of benzene rings is 2. The summed E-state index contributed by atoms with van der Waals surface area (Å²) < 4.78 is 26.6. The Kier molecular flexibility index (Phi) is 11.5. The summed E-state index contributed by atoms with van der Waals surface area (Å²) >= 11 is 5.29. The third-order valence-corrected chi connectivity index (χ3v) is 5.81. The number of carbonyl (C=O) groups is 3. The summed E-state index contributed by atoms with van der Waals surface area (Å²) in [4.78, 5) is 36.7. The molecule has 13 heteroatoms. The van der Waals surface area contributed by atoms with E-state index in [-0.39, 0.29) is 26.4 Å². The number of carbonyl (C=O) groups excluding carboxylic acids is 3. The Morgan fingerprint density at radius 2 is 1.73 bits per heavy atom. The maximum absolute atomic E-state index is 12.7. The number of rotatable bonds is 13. The largest absolute Gasteiger partial charge is 0.493 e. The van der Waals surface area contributed by atoms with E-state index in [0.717, 1.165) is 0 Å². The van der Waals surface area contributed by atoms with Crippen LogP contribution >= 0.6 is 12.2 Å². The van der Waals surface area contributed by atoms with E-state index in [0.29, 0.717) is 44.8 Å². The Balaban J connectivity index is 1.63. The highest BCUT2D eigenvalue weighted by molar-refractivity contribution is 7.80. The van der Waals surface area contributed by atoms with E-state index in [1.165, 1.54) is 13.3 Å². The standard InChI is InChI=1S/C28H32N4O8S/c1-5-37-24(34)16-40-21-12-11-18(13-22(21)36-4)14-29-32-23(33)15-39-20-10-8-7-9-19(20)26-25(27(35)38-6-2)17(3)30-28(41)31-26/h7-14,26H,5-6,15-16H2,1-4H3,(H,32,33)(H2,30,31,41)/t26-/m0/s1. The highest BCUT2D eigenvalue weighted by Crippen LogP contribution is 2.33. The number of hydrazone groups is 1. The number of amides is 1. The van der Waals surface area contributed by atoms with Gasteiger partial charge in [-0.1, -0.05) is 18.2 Å². The number of nitrogens with one attached hydrogen (secondary N) is 3. The van der Waals surface area contributed by atoms with E-state index in [1.54, 1.807) is 63.2 Å². The van der Waals surface area contributed by atoms with Gasteiger partial charge in [-0.25, -0.2) is 15.0 Å². The third-order valence-electron chi connectivity index (χ3n) is 5.59. The number of thiocarbonyl (C=S) groups is 1. The molecule has 3 rings (SSSR count). The van der Waals surface area contributed by atoms with Crippen LogP contribution in [0.1, 0.15) is 37.9 Å². The molecule has 41 heavy (non-hydrogen) atoms. The molecule has 12 nitrogen and oxygen atoms in total. The van der Waals surface area contributed by atoms with E-state index in [4.69, 9.17) is 35.9 Å². The highest BCUT2D eigenvalue weighted by Gasteiger charge is 2.32. The van der Waals surface area contributed by atoms with Gasteiger partial charge in [-0.15, -0.1) is 0 Å². The van der Waals surface area contributed by atoms with Gasteiger partial charge in [-0.05, 0) is 62.8 Å². The maximum Gasteiger partial charge on any atom is 0.344 e. The lowest BCUT2D eigenvalue weighted by molar-refractivity contribution is -0.145. The smallest absolute Gasteiger partial charge is 0.344 e. The van der Waals surface area contributed by atoms with Gasteiger partial charge in [0.05, 0.1) is 38.2 Å². The van der Waals surface area contributed by atoms with Gasteiger partial charge in [-0.3, -0.25) is 4.79 Å². The van der Waals surface area contributed by atoms with Gasteiger partial charge in [-0.2, -0.15) is 5.10 Å². The predicted octanol–water partition coefficient (Wildman–Crippen LogP) is 2.52. The first kappa shape index (κ1) is 30.9. The molecule has 1 aliphatic rings. The zero-order valence-corrected chi connectivity index (χ0v) is 24.0. The molecular weight excluding hydrogens is 552 g/mol. The summed E-state index contributed by atoms with van der Waals surface area (Å²) in [6, 6.07) is 11.3. The van der Waals surface area contributed by atoms with E-state index in [1.807, 2.05) is 0 Å². The maximum atomic E-state index is 12.7. The normalized spacial score (nSPS) is 14.5. The molecule has 3 N–H and O–H groups in total. The zero-order chi connectivity index (χ0) is 29.8. The monoisotopic (exact) mass is 584 g/mol. The average molecular weight is 585 g/mol. The molecule has 0 saturated carbocycles. The second-order valence-corrected chi connectivity index (χ2v) is 8.82. The van der Waals surface area contributed by atoms with E-state index < -0.39 is 23.9 Å². The van der Waals surface area contributed by atoms with Crippen molar-refractivity contribution in [2.75, 3.05) is 33.5 Å². The first-order chi connectivity index (χ1) is 19.8. The lowest BCUT2D eigenvalue weighted by Gasteiger charge is -2.30. The predicted molar refractivity (Wildman–Crippen MR) is 154 cm³/mol. The fourth-order valence-electron chi connectivity index (χ4n) is 3.83. The first-order valence-electron chi connectivity index (χ1n) is 12.7. The number of hydrogen-bond acceptors (Lipinski definition) is 10. The number of methoxy groups -OCH3 is 1. The van der Waals surface area contributed by atoms with Crippen molar-refractivity contribution in [3.05, 3.63) is 64.9 Å². The zero-order valence-electron chi connectivity index (χ0n) is 23.1. The Morgan fingerprint density at radius 1 is 1.00 bits per heavy atom. The fraction of sp³-hybridized carbons (Fsp3) is 0.321. The van der Waals surface area contributed by atoms with Gasteiger partial charge < -0.3 is 34.3 Å². The summed E-state index contributed by atoms with van der Waals surface area (Å²) in [6.07, 6.45) is 1.42. The number of para-hydroxylation sites is 1. The van der Waals surface area contributed by atoms with Crippen LogP contribution in [0.25, 0.3) is 0 Å². The van der Waals surface area contributed by atoms with Gasteiger partial charge in [0, 0.05) is 11.3 Å². The van der Waals surface area contributed by atoms with E-state index in [2.05, 4.69) is 21.2 Å². The van der Waals surface area contributed by atoms with Crippen LogP contribution in [-0.2, 0) is 23.9 Å². The lowest BCUT2D eigenvalue weighted by atomic mass is 9.95. The summed E-state index contributed by atoms with van der Waals surface area (Å²) in [6.45, 7) is 5.05. The number of ether oxygens (including phenoxy) is 5. The molecule has 0 bridgehead atoms. The van der Waals surface area contributed by atoms with Gasteiger partial charge in [0.25, 0.3) is 5.91 Å². The Morgan fingerprint density at radius 3 is 2.46 bits per heavy atom. The molecule has 0 aliphatic carbocycles. The van der Waals surface area contributed by atoms with Gasteiger partial charge in [0.1, 0.15) is 5.75 Å². The molecule has 1 heterocycles. The summed E-state index contributed by atoms with van der Waals surface area (Å²) in [5, 5.41) is 10.3. The van der Waals surface area contributed by atoms with Crippen molar-refractivity contribution in [2.45, 2.75) is 26.8 Å². The molecule has 218 valence electrons. The van der Waals surface area contributed by atoms with E-state index >= 15 is 0 Å². The minimum atomic E-state index is -0.640. The number of allylic oxidation sites excluding steroid dienone is 1. The molecule has 1 atom stereocenters. The quantitative estimate of drug-likeness (QED) is 0.138. The molecule has 1 aliphatic heterocycles. The topological polar surface area (TPSA) is 146 Å². The van der Waals surface area contributed by atoms with Crippen molar-refractivity contribution in [2.24, 2.45) is 5.10 Å². The van der Waals surface area contributed by atoms with Crippen molar-refractivity contribution in [3.63, 3.8) is 0 Å². The van der Waals surface area contributed by atoms with Gasteiger partial charge in [0.15, 0.2) is 29.8 Å². The highest BCUT2D eigenvalue weighted by atomic mass is 32.1. The van der Waals surface area contributed by atoms with E-state index in [9.17, 15) is 14.4 Å². The molecule has 1 amide bonds. The van der Waals surface area contributed by atoms with Crippen molar-refractivity contribution < 1.29 is 38.1 Å². The van der Waals surface area contributed by atoms with Gasteiger partial charge in [0.2, 0.25) is 0 Å². The second-order valence-electron chi connectivity index (χ2n) is 8.41. The van der Waals surface area contributed by atoms with Crippen LogP contribution in [0.15, 0.2) is 58.8 Å². The Hall–Kier alpha value is -4.65. The number of hydrogen-bond donors (Lipinski definition) is 3. The van der Waals surface area contributed by atoms with Crippen LogP contribution in [0.3, 0.4) is 0 Å². The molecule has 2 aromatic rings. The molecule has 0 spiro atoms. The SMILES string of the molecule is CCOC(=O)COc1ccc(C=NNC(=O)COc2ccccc2[C@@H]2NC(=S)NC(C)=C2C(=O)OCC)cc1OC. The van der Waals surface area contributed by atoms with Crippen molar-refractivity contribution >= 4 is 41.4 Å². The Labute approximate surface area is 243 Å². The molecule has 0 radical (unpaired) electrons. The van der Waals surface area contributed by atoms with Crippen LogP contribution in [0, 0.1) is 0 Å². The van der Waals surface area contributed by atoms with Crippen molar-refractivity contribution in [1.82, 2.24) is 16.1 Å². The second kappa shape index (κ2) is 15.2. The molecule has 0 saturated heterocycles. The van der Waals surface area contributed by atoms with Crippen molar-refractivity contribution in [3.8, 4) is 17.2 Å². The minimum Gasteiger partial charge on any atom is -0.493 e.